The number of nitrogens with zero attached hydrogens (tertiary/aromatic N) is 2. The number of rotatable bonds is 5. The van der Waals surface area contributed by atoms with Crippen molar-refractivity contribution in [2.24, 2.45) is 0 Å². The van der Waals surface area contributed by atoms with E-state index in [2.05, 4.69) is 15.3 Å². The van der Waals surface area contributed by atoms with Crippen molar-refractivity contribution in [3.63, 3.8) is 0 Å². The zero-order chi connectivity index (χ0) is 19.6. The van der Waals surface area contributed by atoms with Gasteiger partial charge in [-0.2, -0.15) is 4.98 Å². The largest absolute Gasteiger partial charge is 0.488 e. The maximum Gasteiger partial charge on any atom is 0.222 e. The highest BCUT2D eigenvalue weighted by Crippen LogP contribution is 2.42. The SMILES string of the molecule is Nc1ncc(Cl)c(Nc2cc(C3(O)CCCC3)ccc2OC2CCOCC2)n1. The summed E-state index contributed by atoms with van der Waals surface area (Å²) in [6.07, 6.45) is 6.78. The molecule has 2 heterocycles. The van der Waals surface area contributed by atoms with Crippen molar-refractivity contribution in [2.75, 3.05) is 24.3 Å². The van der Waals surface area contributed by atoms with Crippen molar-refractivity contribution in [1.29, 1.82) is 0 Å². The Morgan fingerprint density at radius 3 is 2.75 bits per heavy atom. The summed E-state index contributed by atoms with van der Waals surface area (Å²) in [5.41, 5.74) is 6.47. The van der Waals surface area contributed by atoms with Gasteiger partial charge in [-0.1, -0.05) is 30.5 Å². The van der Waals surface area contributed by atoms with Crippen LogP contribution in [0.5, 0.6) is 5.75 Å². The molecular weight excluding hydrogens is 380 g/mol. The number of benzene rings is 1. The zero-order valence-electron chi connectivity index (χ0n) is 15.7. The first-order valence-corrected chi connectivity index (χ1v) is 10.1. The van der Waals surface area contributed by atoms with Gasteiger partial charge in [0.1, 0.15) is 16.9 Å². The Hall–Kier alpha value is -2.09. The molecule has 4 N–H and O–H groups in total. The van der Waals surface area contributed by atoms with Crippen molar-refractivity contribution in [1.82, 2.24) is 9.97 Å². The van der Waals surface area contributed by atoms with E-state index in [1.807, 2.05) is 18.2 Å². The van der Waals surface area contributed by atoms with Crippen molar-refractivity contribution < 1.29 is 14.6 Å². The number of ether oxygens (including phenoxy) is 2. The number of anilines is 3. The zero-order valence-corrected chi connectivity index (χ0v) is 16.4. The van der Waals surface area contributed by atoms with Crippen LogP contribution in [0.4, 0.5) is 17.5 Å². The lowest BCUT2D eigenvalue weighted by Gasteiger charge is -2.27. The maximum absolute atomic E-state index is 11.0. The lowest BCUT2D eigenvalue weighted by atomic mass is 9.91. The minimum absolute atomic E-state index is 0.0839. The van der Waals surface area contributed by atoms with E-state index in [-0.39, 0.29) is 12.1 Å². The molecule has 2 aliphatic rings. The van der Waals surface area contributed by atoms with E-state index < -0.39 is 5.60 Å². The fourth-order valence-electron chi connectivity index (χ4n) is 3.84. The van der Waals surface area contributed by atoms with Gasteiger partial charge >= 0.3 is 0 Å². The average molecular weight is 405 g/mol. The van der Waals surface area contributed by atoms with E-state index in [9.17, 15) is 5.11 Å². The molecule has 4 rings (SSSR count). The molecule has 0 spiro atoms. The second kappa shape index (κ2) is 8.11. The van der Waals surface area contributed by atoms with Gasteiger partial charge in [0.05, 0.1) is 30.7 Å². The Bertz CT molecular complexity index is 836. The van der Waals surface area contributed by atoms with Crippen LogP contribution in [-0.2, 0) is 10.3 Å². The molecule has 150 valence electrons. The monoisotopic (exact) mass is 404 g/mol. The minimum atomic E-state index is -0.803. The number of nitrogen functional groups attached to an aromatic ring is 1. The van der Waals surface area contributed by atoms with Gasteiger partial charge in [-0.15, -0.1) is 0 Å². The van der Waals surface area contributed by atoms with E-state index in [4.69, 9.17) is 26.8 Å². The number of aromatic nitrogens is 2. The smallest absolute Gasteiger partial charge is 0.222 e. The van der Waals surface area contributed by atoms with Crippen LogP contribution in [0.25, 0.3) is 0 Å². The minimum Gasteiger partial charge on any atom is -0.488 e. The Balaban J connectivity index is 1.67. The molecule has 0 radical (unpaired) electrons. The van der Waals surface area contributed by atoms with Crippen LogP contribution < -0.4 is 15.8 Å². The molecule has 1 aliphatic heterocycles. The number of nitrogens with two attached hydrogens (primary N) is 1. The van der Waals surface area contributed by atoms with E-state index in [0.29, 0.717) is 35.5 Å². The summed E-state index contributed by atoms with van der Waals surface area (Å²) in [6, 6.07) is 5.78. The van der Waals surface area contributed by atoms with Crippen LogP contribution in [0.1, 0.15) is 44.1 Å². The fraction of sp³-hybridized carbons (Fsp3) is 0.500. The molecule has 1 aromatic heterocycles. The normalized spacial score (nSPS) is 19.5. The Morgan fingerprint density at radius 1 is 1.25 bits per heavy atom. The molecule has 1 aliphatic carbocycles. The van der Waals surface area contributed by atoms with Crippen LogP contribution >= 0.6 is 11.6 Å². The van der Waals surface area contributed by atoms with Gasteiger partial charge in [0, 0.05) is 12.8 Å². The molecule has 0 amide bonds. The second-order valence-electron chi connectivity index (χ2n) is 7.43. The third-order valence-electron chi connectivity index (χ3n) is 5.43. The predicted molar refractivity (Wildman–Crippen MR) is 108 cm³/mol. The van der Waals surface area contributed by atoms with Gasteiger partial charge in [-0.05, 0) is 30.5 Å². The molecule has 0 bridgehead atoms. The molecule has 2 aromatic rings. The molecule has 1 aromatic carbocycles. The molecule has 28 heavy (non-hydrogen) atoms. The van der Waals surface area contributed by atoms with Crippen LogP contribution in [0.3, 0.4) is 0 Å². The summed E-state index contributed by atoms with van der Waals surface area (Å²) in [5, 5.41) is 14.6. The number of aliphatic hydroxyl groups is 1. The molecule has 8 heteroatoms. The first kappa shape index (κ1) is 19.2. The van der Waals surface area contributed by atoms with Gasteiger partial charge in [-0.3, -0.25) is 0 Å². The Kier molecular flexibility index (Phi) is 5.57. The molecule has 7 nitrogen and oxygen atoms in total. The summed E-state index contributed by atoms with van der Waals surface area (Å²) in [6.45, 7) is 1.39. The lowest BCUT2D eigenvalue weighted by molar-refractivity contribution is 0.0257. The standard InChI is InChI=1S/C20H25ClN4O3/c21-15-12-23-19(22)25-18(15)24-16-11-13(20(26)7-1-2-8-20)3-4-17(16)28-14-5-9-27-10-6-14/h3-4,11-12,14,26H,1-2,5-10H2,(H3,22,23,24,25). The highest BCUT2D eigenvalue weighted by atomic mass is 35.5. The Labute approximate surface area is 169 Å². The molecule has 2 fully saturated rings. The quantitative estimate of drug-likeness (QED) is 0.696. The van der Waals surface area contributed by atoms with Gasteiger partial charge in [0.25, 0.3) is 0 Å². The summed E-state index contributed by atoms with van der Waals surface area (Å²) < 4.78 is 11.7. The van der Waals surface area contributed by atoms with Gasteiger partial charge in [0.2, 0.25) is 5.95 Å². The van der Waals surface area contributed by atoms with E-state index in [1.54, 1.807) is 0 Å². The third-order valence-corrected chi connectivity index (χ3v) is 5.70. The van der Waals surface area contributed by atoms with Crippen molar-refractivity contribution >= 4 is 29.1 Å². The predicted octanol–water partition coefficient (Wildman–Crippen LogP) is 3.78. The first-order valence-electron chi connectivity index (χ1n) is 9.70. The van der Waals surface area contributed by atoms with Crippen LogP contribution in [0, 0.1) is 0 Å². The van der Waals surface area contributed by atoms with Crippen LogP contribution in [0.15, 0.2) is 24.4 Å². The van der Waals surface area contributed by atoms with Gasteiger partial charge in [0.15, 0.2) is 5.82 Å². The molecule has 1 saturated heterocycles. The van der Waals surface area contributed by atoms with E-state index in [1.165, 1.54) is 6.20 Å². The summed E-state index contributed by atoms with van der Waals surface area (Å²) in [5.74, 6) is 1.22. The molecule has 0 unspecified atom stereocenters. The number of halogens is 1. The topological polar surface area (TPSA) is 103 Å². The molecule has 1 saturated carbocycles. The Morgan fingerprint density at radius 2 is 2.00 bits per heavy atom. The summed E-state index contributed by atoms with van der Waals surface area (Å²) >= 11 is 6.23. The van der Waals surface area contributed by atoms with Gasteiger partial charge in [-0.25, -0.2) is 4.98 Å². The van der Waals surface area contributed by atoms with E-state index in [0.717, 1.165) is 44.1 Å². The van der Waals surface area contributed by atoms with Crippen LogP contribution in [-0.4, -0.2) is 34.4 Å². The first-order chi connectivity index (χ1) is 13.5. The van der Waals surface area contributed by atoms with Crippen molar-refractivity contribution in [3.05, 3.63) is 35.0 Å². The molecule has 0 atom stereocenters. The second-order valence-corrected chi connectivity index (χ2v) is 7.84. The third kappa shape index (κ3) is 4.16. The van der Waals surface area contributed by atoms with E-state index >= 15 is 0 Å². The maximum atomic E-state index is 11.0. The van der Waals surface area contributed by atoms with Crippen LogP contribution in [0.2, 0.25) is 5.02 Å². The van der Waals surface area contributed by atoms with Gasteiger partial charge < -0.3 is 25.6 Å². The number of hydrogen-bond acceptors (Lipinski definition) is 7. The highest BCUT2D eigenvalue weighted by molar-refractivity contribution is 6.32. The van der Waals surface area contributed by atoms with Crippen molar-refractivity contribution in [3.8, 4) is 5.75 Å². The fourth-order valence-corrected chi connectivity index (χ4v) is 3.98. The number of hydrogen-bond donors (Lipinski definition) is 3. The van der Waals surface area contributed by atoms with Crippen molar-refractivity contribution in [2.45, 2.75) is 50.2 Å². The summed E-state index contributed by atoms with van der Waals surface area (Å²) in [7, 11) is 0. The average Bonchev–Trinajstić information content (AvgIpc) is 3.14. The molecular formula is C20H25ClN4O3. The highest BCUT2D eigenvalue weighted by Gasteiger charge is 2.33. The summed E-state index contributed by atoms with van der Waals surface area (Å²) in [4.78, 5) is 8.08. The number of nitrogens with one attached hydrogen (secondary N) is 1. The lowest BCUT2D eigenvalue weighted by Crippen LogP contribution is -2.26.